The molecular formula is C15H24O3. The van der Waals surface area contributed by atoms with Gasteiger partial charge in [-0.3, -0.25) is 0 Å². The maximum atomic E-state index is 10.4. The molecule has 2 N–H and O–H groups in total. The molecule has 1 aromatic carbocycles. The van der Waals surface area contributed by atoms with Crippen molar-refractivity contribution in [3.8, 4) is 5.75 Å². The molecule has 0 fully saturated rings. The van der Waals surface area contributed by atoms with Crippen LogP contribution in [-0.2, 0) is 0 Å². The summed E-state index contributed by atoms with van der Waals surface area (Å²) in [6.45, 7) is 7.71. The summed E-state index contributed by atoms with van der Waals surface area (Å²) < 4.78 is 5.39. The van der Waals surface area contributed by atoms with Crippen LogP contribution in [0, 0.1) is 13.8 Å². The van der Waals surface area contributed by atoms with Crippen LogP contribution in [-0.4, -0.2) is 22.9 Å². The molecule has 3 nitrogen and oxygen atoms in total. The van der Waals surface area contributed by atoms with Crippen molar-refractivity contribution >= 4 is 0 Å². The number of aryl methyl sites for hydroxylation is 1. The number of aliphatic hydroxyl groups excluding tert-OH is 1. The van der Waals surface area contributed by atoms with Gasteiger partial charge >= 0.3 is 0 Å². The number of benzene rings is 1. The molecule has 0 spiro atoms. The van der Waals surface area contributed by atoms with E-state index >= 15 is 0 Å². The zero-order chi connectivity index (χ0) is 13.9. The fraction of sp³-hybridized carbons (Fsp3) is 0.600. The van der Waals surface area contributed by atoms with Crippen LogP contribution in [0.3, 0.4) is 0 Å². The minimum Gasteiger partial charge on any atom is -0.496 e. The predicted octanol–water partition coefficient (Wildman–Crippen LogP) is 2.90. The van der Waals surface area contributed by atoms with Gasteiger partial charge in [-0.25, -0.2) is 0 Å². The van der Waals surface area contributed by atoms with Gasteiger partial charge in [-0.05, 0) is 37.8 Å². The SMILES string of the molecule is CCC(O)(CC)C(O)c1ccc(C)c(C)c1OC. The Kier molecular flexibility index (Phi) is 4.77. The third kappa shape index (κ3) is 2.52. The van der Waals surface area contributed by atoms with Gasteiger partial charge in [0.25, 0.3) is 0 Å². The zero-order valence-corrected chi connectivity index (χ0v) is 11.9. The normalized spacial score (nSPS) is 13.5. The van der Waals surface area contributed by atoms with Crippen LogP contribution in [0.4, 0.5) is 0 Å². The van der Waals surface area contributed by atoms with Crippen molar-refractivity contribution in [2.24, 2.45) is 0 Å². The van der Waals surface area contributed by atoms with Gasteiger partial charge in [-0.2, -0.15) is 0 Å². The summed E-state index contributed by atoms with van der Waals surface area (Å²) in [5, 5.41) is 20.9. The topological polar surface area (TPSA) is 49.7 Å². The second-order valence-corrected chi connectivity index (χ2v) is 4.84. The first-order valence-corrected chi connectivity index (χ1v) is 6.45. The van der Waals surface area contributed by atoms with Crippen molar-refractivity contribution in [1.82, 2.24) is 0 Å². The summed E-state index contributed by atoms with van der Waals surface area (Å²) in [5.41, 5.74) is 1.67. The van der Waals surface area contributed by atoms with E-state index in [9.17, 15) is 10.2 Å². The molecule has 0 aromatic heterocycles. The Hall–Kier alpha value is -1.06. The number of methoxy groups -OCH3 is 1. The number of rotatable bonds is 5. The second-order valence-electron chi connectivity index (χ2n) is 4.84. The monoisotopic (exact) mass is 252 g/mol. The highest BCUT2D eigenvalue weighted by molar-refractivity contribution is 5.47. The van der Waals surface area contributed by atoms with Gasteiger partial charge in [-0.1, -0.05) is 26.0 Å². The lowest BCUT2D eigenvalue weighted by Crippen LogP contribution is -2.35. The molecule has 0 heterocycles. The predicted molar refractivity (Wildman–Crippen MR) is 73.0 cm³/mol. The highest BCUT2D eigenvalue weighted by atomic mass is 16.5. The molecule has 0 amide bonds. The van der Waals surface area contributed by atoms with Crippen LogP contribution < -0.4 is 4.74 Å². The maximum absolute atomic E-state index is 10.4. The van der Waals surface area contributed by atoms with Gasteiger partial charge in [0, 0.05) is 5.56 Å². The lowest BCUT2D eigenvalue weighted by atomic mass is 9.85. The van der Waals surface area contributed by atoms with E-state index < -0.39 is 11.7 Å². The average molecular weight is 252 g/mol. The first-order valence-electron chi connectivity index (χ1n) is 6.45. The number of hydrogen-bond acceptors (Lipinski definition) is 3. The molecule has 102 valence electrons. The Morgan fingerprint density at radius 1 is 1.22 bits per heavy atom. The molecule has 0 aliphatic carbocycles. The maximum Gasteiger partial charge on any atom is 0.127 e. The molecule has 0 saturated carbocycles. The fourth-order valence-electron chi connectivity index (χ4n) is 2.22. The van der Waals surface area contributed by atoms with E-state index in [1.807, 2.05) is 39.8 Å². The van der Waals surface area contributed by atoms with E-state index in [0.717, 1.165) is 11.1 Å². The Morgan fingerprint density at radius 3 is 2.22 bits per heavy atom. The van der Waals surface area contributed by atoms with Gasteiger partial charge in [0.2, 0.25) is 0 Å². The zero-order valence-electron chi connectivity index (χ0n) is 11.9. The summed E-state index contributed by atoms with van der Waals surface area (Å²) in [7, 11) is 1.59. The van der Waals surface area contributed by atoms with E-state index in [-0.39, 0.29) is 0 Å². The molecule has 1 aromatic rings. The molecule has 0 radical (unpaired) electrons. The van der Waals surface area contributed by atoms with Crippen molar-refractivity contribution in [2.45, 2.75) is 52.2 Å². The molecule has 1 unspecified atom stereocenters. The summed E-state index contributed by atoms with van der Waals surface area (Å²) in [5.74, 6) is 0.669. The largest absolute Gasteiger partial charge is 0.496 e. The third-order valence-electron chi connectivity index (χ3n) is 3.94. The Bertz CT molecular complexity index is 408. The first kappa shape index (κ1) is 15.0. The second kappa shape index (κ2) is 5.72. The number of aliphatic hydroxyl groups is 2. The summed E-state index contributed by atoms with van der Waals surface area (Å²) >= 11 is 0. The smallest absolute Gasteiger partial charge is 0.127 e. The summed E-state index contributed by atoms with van der Waals surface area (Å²) in [4.78, 5) is 0. The van der Waals surface area contributed by atoms with Gasteiger partial charge in [0.05, 0.1) is 12.7 Å². The van der Waals surface area contributed by atoms with Crippen LogP contribution in [0.15, 0.2) is 12.1 Å². The van der Waals surface area contributed by atoms with Gasteiger partial charge in [0.1, 0.15) is 11.9 Å². The molecule has 0 saturated heterocycles. The molecule has 1 atom stereocenters. The minimum atomic E-state index is -1.10. The Morgan fingerprint density at radius 2 is 1.78 bits per heavy atom. The van der Waals surface area contributed by atoms with Crippen LogP contribution in [0.2, 0.25) is 0 Å². The summed E-state index contributed by atoms with van der Waals surface area (Å²) in [6, 6.07) is 3.78. The lowest BCUT2D eigenvalue weighted by molar-refractivity contribution is -0.0828. The van der Waals surface area contributed by atoms with Gasteiger partial charge < -0.3 is 14.9 Å². The van der Waals surface area contributed by atoms with Crippen molar-refractivity contribution < 1.29 is 14.9 Å². The fourth-order valence-corrected chi connectivity index (χ4v) is 2.22. The molecule has 3 heteroatoms. The molecular weight excluding hydrogens is 228 g/mol. The first-order chi connectivity index (χ1) is 8.41. The van der Waals surface area contributed by atoms with E-state index in [1.165, 1.54) is 0 Å². The van der Waals surface area contributed by atoms with Crippen molar-refractivity contribution in [3.05, 3.63) is 28.8 Å². The van der Waals surface area contributed by atoms with E-state index in [1.54, 1.807) is 7.11 Å². The Balaban J connectivity index is 3.29. The standard InChI is InChI=1S/C15H24O3/c1-6-15(17,7-2)14(16)12-9-8-10(3)11(4)13(12)18-5/h8-9,14,16-17H,6-7H2,1-5H3. The van der Waals surface area contributed by atoms with Crippen molar-refractivity contribution in [2.75, 3.05) is 7.11 Å². The van der Waals surface area contributed by atoms with E-state index in [0.29, 0.717) is 24.2 Å². The van der Waals surface area contributed by atoms with E-state index in [4.69, 9.17) is 4.74 Å². The molecule has 0 bridgehead atoms. The third-order valence-corrected chi connectivity index (χ3v) is 3.94. The lowest BCUT2D eigenvalue weighted by Gasteiger charge is -2.32. The number of ether oxygens (including phenoxy) is 1. The molecule has 18 heavy (non-hydrogen) atoms. The number of hydrogen-bond donors (Lipinski definition) is 2. The minimum absolute atomic E-state index is 0.501. The van der Waals surface area contributed by atoms with Crippen LogP contribution in [0.5, 0.6) is 5.75 Å². The summed E-state index contributed by atoms with van der Waals surface area (Å²) in [6.07, 6.45) is 0.0725. The Labute approximate surface area is 109 Å². The van der Waals surface area contributed by atoms with Crippen LogP contribution in [0.1, 0.15) is 49.5 Å². The van der Waals surface area contributed by atoms with Gasteiger partial charge in [-0.15, -0.1) is 0 Å². The van der Waals surface area contributed by atoms with Gasteiger partial charge in [0.15, 0.2) is 0 Å². The molecule has 1 rings (SSSR count). The average Bonchev–Trinajstić information content (AvgIpc) is 2.39. The van der Waals surface area contributed by atoms with Crippen LogP contribution in [0.25, 0.3) is 0 Å². The van der Waals surface area contributed by atoms with Crippen molar-refractivity contribution in [1.29, 1.82) is 0 Å². The molecule has 0 aliphatic heterocycles. The van der Waals surface area contributed by atoms with Crippen molar-refractivity contribution in [3.63, 3.8) is 0 Å². The quantitative estimate of drug-likeness (QED) is 0.847. The highest BCUT2D eigenvalue weighted by Crippen LogP contribution is 2.38. The van der Waals surface area contributed by atoms with Crippen LogP contribution >= 0.6 is 0 Å². The highest BCUT2D eigenvalue weighted by Gasteiger charge is 2.35. The van der Waals surface area contributed by atoms with E-state index in [2.05, 4.69) is 0 Å². The molecule has 0 aliphatic rings.